The van der Waals surface area contributed by atoms with E-state index >= 15 is 0 Å². The highest BCUT2D eigenvalue weighted by Gasteiger charge is 2.34. The van der Waals surface area contributed by atoms with Crippen molar-refractivity contribution >= 4 is 28.8 Å². The molecule has 1 aliphatic carbocycles. The minimum atomic E-state index is -0.395. The van der Waals surface area contributed by atoms with Gasteiger partial charge < -0.3 is 9.30 Å². The van der Waals surface area contributed by atoms with Gasteiger partial charge in [-0.2, -0.15) is 0 Å². The van der Waals surface area contributed by atoms with Gasteiger partial charge in [0.25, 0.3) is 5.69 Å². The summed E-state index contributed by atoms with van der Waals surface area (Å²) in [5.74, 6) is 0.538. The number of imidazole rings is 1. The number of carbonyl (C=O) groups excluding carboxylic acids is 1. The number of halogens is 1. The summed E-state index contributed by atoms with van der Waals surface area (Å²) >= 11 is 6.25. The second-order valence-corrected chi connectivity index (χ2v) is 10.2. The highest BCUT2D eigenvalue weighted by molar-refractivity contribution is 6.30. The molecule has 0 unspecified atom stereocenters. The van der Waals surface area contributed by atoms with E-state index in [0.717, 1.165) is 72.7 Å². The maximum absolute atomic E-state index is 12.5. The van der Waals surface area contributed by atoms with E-state index in [1.165, 1.54) is 12.1 Å². The van der Waals surface area contributed by atoms with E-state index in [0.29, 0.717) is 17.5 Å². The Labute approximate surface area is 219 Å². The standard InChI is InChI=1S/C28H26ClN5O3/c29-23-3-1-2-21(16-23)22-8-11-26-30-27(19-6-9-24(10-7-19)34(36)37)25(33(26)17-22)18-31-12-14-32(15-13-31)28(35)20-4-5-20/h1-3,6-11,16-17,20H,4-5,12-15,18H2. The summed E-state index contributed by atoms with van der Waals surface area (Å²) in [5.41, 5.74) is 5.52. The number of rotatable bonds is 6. The monoisotopic (exact) mass is 515 g/mol. The van der Waals surface area contributed by atoms with Gasteiger partial charge in [0.2, 0.25) is 5.91 Å². The fourth-order valence-electron chi connectivity index (χ4n) is 4.98. The molecular formula is C28H26ClN5O3. The summed E-state index contributed by atoms with van der Waals surface area (Å²) < 4.78 is 2.11. The highest BCUT2D eigenvalue weighted by atomic mass is 35.5. The number of nitro benzene ring substituents is 1. The Morgan fingerprint density at radius 2 is 1.70 bits per heavy atom. The highest BCUT2D eigenvalue weighted by Crippen LogP contribution is 2.32. The number of fused-ring (bicyclic) bond motifs is 1. The number of piperazine rings is 1. The van der Waals surface area contributed by atoms with Crippen molar-refractivity contribution in [1.29, 1.82) is 0 Å². The van der Waals surface area contributed by atoms with Crippen LogP contribution >= 0.6 is 11.6 Å². The number of hydrogen-bond acceptors (Lipinski definition) is 5. The summed E-state index contributed by atoms with van der Waals surface area (Å²) in [6.07, 6.45) is 4.12. The molecule has 0 radical (unpaired) electrons. The summed E-state index contributed by atoms with van der Waals surface area (Å²) in [7, 11) is 0. The molecule has 8 nitrogen and oxygen atoms in total. The SMILES string of the molecule is O=C(C1CC1)N1CCN(Cc2c(-c3ccc([N+](=O)[O-])cc3)nc3ccc(-c4cccc(Cl)c4)cn23)CC1. The first-order valence-corrected chi connectivity index (χ1v) is 12.9. The van der Waals surface area contributed by atoms with E-state index in [9.17, 15) is 14.9 Å². The van der Waals surface area contributed by atoms with Gasteiger partial charge >= 0.3 is 0 Å². The summed E-state index contributed by atoms with van der Waals surface area (Å²) in [6, 6.07) is 18.3. The van der Waals surface area contributed by atoms with Gasteiger partial charge in [-0.25, -0.2) is 4.98 Å². The third-order valence-corrected chi connectivity index (χ3v) is 7.45. The largest absolute Gasteiger partial charge is 0.340 e. The Morgan fingerprint density at radius 1 is 0.973 bits per heavy atom. The average Bonchev–Trinajstić information content (AvgIpc) is 3.71. The smallest absolute Gasteiger partial charge is 0.269 e. The predicted molar refractivity (Wildman–Crippen MR) is 142 cm³/mol. The van der Waals surface area contributed by atoms with Crippen molar-refractivity contribution < 1.29 is 9.72 Å². The van der Waals surface area contributed by atoms with Crippen molar-refractivity contribution in [2.45, 2.75) is 19.4 Å². The van der Waals surface area contributed by atoms with E-state index in [4.69, 9.17) is 16.6 Å². The van der Waals surface area contributed by atoms with Gasteiger partial charge in [0, 0.05) is 67.6 Å². The first-order valence-electron chi connectivity index (χ1n) is 12.5. The van der Waals surface area contributed by atoms with Gasteiger partial charge in [0.15, 0.2) is 0 Å². The Hall–Kier alpha value is -3.75. The van der Waals surface area contributed by atoms with Crippen molar-refractivity contribution in [2.24, 2.45) is 5.92 Å². The maximum atomic E-state index is 12.5. The van der Waals surface area contributed by atoms with Crippen molar-refractivity contribution in [1.82, 2.24) is 19.2 Å². The first kappa shape index (κ1) is 23.6. The van der Waals surface area contributed by atoms with E-state index < -0.39 is 4.92 Å². The van der Waals surface area contributed by atoms with Crippen molar-refractivity contribution in [3.8, 4) is 22.4 Å². The minimum Gasteiger partial charge on any atom is -0.340 e. The average molecular weight is 516 g/mol. The molecule has 1 amide bonds. The molecule has 188 valence electrons. The fourth-order valence-corrected chi connectivity index (χ4v) is 5.17. The van der Waals surface area contributed by atoms with E-state index in [2.05, 4.69) is 15.5 Å². The normalized spacial score (nSPS) is 16.3. The van der Waals surface area contributed by atoms with Crippen LogP contribution in [0.2, 0.25) is 5.02 Å². The van der Waals surface area contributed by atoms with Crippen LogP contribution < -0.4 is 0 Å². The lowest BCUT2D eigenvalue weighted by molar-refractivity contribution is -0.384. The molecule has 2 aliphatic rings. The fraction of sp³-hybridized carbons (Fsp3) is 0.286. The number of amides is 1. The molecule has 0 spiro atoms. The van der Waals surface area contributed by atoms with Crippen LogP contribution in [0, 0.1) is 16.0 Å². The van der Waals surface area contributed by atoms with Crippen LogP contribution in [0.4, 0.5) is 5.69 Å². The van der Waals surface area contributed by atoms with Crippen LogP contribution in [-0.2, 0) is 11.3 Å². The van der Waals surface area contributed by atoms with E-state index in [-0.39, 0.29) is 11.6 Å². The molecule has 1 aliphatic heterocycles. The van der Waals surface area contributed by atoms with Crippen LogP contribution in [0.3, 0.4) is 0 Å². The van der Waals surface area contributed by atoms with Gasteiger partial charge in [0.1, 0.15) is 5.65 Å². The lowest BCUT2D eigenvalue weighted by Gasteiger charge is -2.35. The Balaban J connectivity index is 1.36. The molecule has 0 atom stereocenters. The predicted octanol–water partition coefficient (Wildman–Crippen LogP) is 5.28. The zero-order valence-corrected chi connectivity index (χ0v) is 21.0. The number of carbonyl (C=O) groups is 1. The molecule has 4 aromatic rings. The lowest BCUT2D eigenvalue weighted by Crippen LogP contribution is -2.48. The van der Waals surface area contributed by atoms with E-state index in [1.54, 1.807) is 12.1 Å². The number of aromatic nitrogens is 2. The second kappa shape index (κ2) is 9.61. The molecule has 2 aromatic carbocycles. The Morgan fingerprint density at radius 3 is 2.38 bits per heavy atom. The van der Waals surface area contributed by atoms with Crippen LogP contribution in [0.15, 0.2) is 66.9 Å². The minimum absolute atomic E-state index is 0.0498. The van der Waals surface area contributed by atoms with Crippen LogP contribution in [0.25, 0.3) is 28.0 Å². The van der Waals surface area contributed by atoms with Crippen LogP contribution in [-0.4, -0.2) is 56.2 Å². The molecule has 2 aromatic heterocycles. The maximum Gasteiger partial charge on any atom is 0.269 e. The number of hydrogen-bond donors (Lipinski definition) is 0. The molecule has 37 heavy (non-hydrogen) atoms. The Bertz CT molecular complexity index is 1490. The van der Waals surface area contributed by atoms with Crippen LogP contribution in [0.1, 0.15) is 18.5 Å². The molecule has 3 heterocycles. The second-order valence-electron chi connectivity index (χ2n) is 9.74. The Kier molecular flexibility index (Phi) is 6.14. The quantitative estimate of drug-likeness (QED) is 0.257. The number of nitrogens with zero attached hydrogens (tertiary/aromatic N) is 5. The van der Waals surface area contributed by atoms with Gasteiger partial charge in [-0.1, -0.05) is 23.7 Å². The van der Waals surface area contributed by atoms with Gasteiger partial charge in [-0.15, -0.1) is 0 Å². The zero-order valence-electron chi connectivity index (χ0n) is 20.2. The van der Waals surface area contributed by atoms with Crippen molar-refractivity contribution in [3.63, 3.8) is 0 Å². The summed E-state index contributed by atoms with van der Waals surface area (Å²) in [5, 5.41) is 11.9. The molecule has 6 rings (SSSR count). The molecular weight excluding hydrogens is 490 g/mol. The molecule has 0 N–H and O–H groups in total. The number of non-ortho nitro benzene ring substituents is 1. The van der Waals surface area contributed by atoms with Gasteiger partial charge in [-0.05, 0) is 60.4 Å². The summed E-state index contributed by atoms with van der Waals surface area (Å²) in [4.78, 5) is 32.6. The van der Waals surface area contributed by atoms with Gasteiger partial charge in [0.05, 0.1) is 16.3 Å². The molecule has 0 bridgehead atoms. The number of nitro groups is 1. The number of benzene rings is 2. The van der Waals surface area contributed by atoms with Crippen LogP contribution in [0.5, 0.6) is 0 Å². The topological polar surface area (TPSA) is 84.0 Å². The molecule has 1 saturated heterocycles. The third-order valence-electron chi connectivity index (χ3n) is 7.21. The molecule has 1 saturated carbocycles. The zero-order chi connectivity index (χ0) is 25.5. The van der Waals surface area contributed by atoms with Crippen molar-refractivity contribution in [2.75, 3.05) is 26.2 Å². The summed E-state index contributed by atoms with van der Waals surface area (Å²) in [6.45, 7) is 3.69. The molecule has 2 fully saturated rings. The number of pyridine rings is 1. The first-order chi connectivity index (χ1) is 18.0. The lowest BCUT2D eigenvalue weighted by atomic mass is 10.1. The molecule has 9 heteroatoms. The van der Waals surface area contributed by atoms with Crippen molar-refractivity contribution in [3.05, 3.63) is 87.7 Å². The van der Waals surface area contributed by atoms with E-state index in [1.807, 2.05) is 41.3 Å². The third kappa shape index (κ3) is 4.82. The van der Waals surface area contributed by atoms with Gasteiger partial charge in [-0.3, -0.25) is 19.8 Å².